The summed E-state index contributed by atoms with van der Waals surface area (Å²) in [5.41, 5.74) is 3.40. The van der Waals surface area contributed by atoms with Gasteiger partial charge in [0, 0.05) is 17.5 Å². The number of aliphatic hydroxyl groups excluding tert-OH is 1. The van der Waals surface area contributed by atoms with Crippen molar-refractivity contribution in [3.63, 3.8) is 0 Å². The quantitative estimate of drug-likeness (QED) is 0.270. The molecule has 1 atom stereocenters. The highest BCUT2D eigenvalue weighted by Crippen LogP contribution is 2.40. The summed E-state index contributed by atoms with van der Waals surface area (Å²) in [6.07, 6.45) is 0. The maximum Gasteiger partial charge on any atom is 0.323 e. The summed E-state index contributed by atoms with van der Waals surface area (Å²) < 4.78 is 16.8. The molecule has 0 saturated carbocycles. The van der Waals surface area contributed by atoms with E-state index in [2.05, 4.69) is 15.0 Å². The van der Waals surface area contributed by atoms with Crippen LogP contribution in [0.4, 0.5) is 11.5 Å². The monoisotopic (exact) mass is 511 g/mol. The standard InChI is InChI=1S/C25H22ClN3O5S/c26-23-16(15-5-7-20-21(11-15)34-9-8-33-20)2-1-3-18(23)28-24-17-6-4-14(10-22(17)35-29-24)12-27-19(13-30)25(31)32/h1-7,10-11,19,27,30H,8-9,12-13H2,(H,28,29)(H,31,32)/t19-/m1/s1. The van der Waals surface area contributed by atoms with E-state index in [1.165, 1.54) is 11.5 Å². The molecule has 2 heterocycles. The van der Waals surface area contributed by atoms with Crippen LogP contribution < -0.4 is 20.1 Å². The summed E-state index contributed by atoms with van der Waals surface area (Å²) in [5, 5.41) is 25.9. The first-order valence-electron chi connectivity index (χ1n) is 10.9. The fourth-order valence-electron chi connectivity index (χ4n) is 3.84. The molecule has 0 aliphatic carbocycles. The van der Waals surface area contributed by atoms with Gasteiger partial charge in [0.15, 0.2) is 17.3 Å². The van der Waals surface area contributed by atoms with E-state index in [0.29, 0.717) is 36.3 Å². The molecule has 0 bridgehead atoms. The Morgan fingerprint density at radius 3 is 2.74 bits per heavy atom. The third-order valence-corrected chi connectivity index (χ3v) is 6.89. The van der Waals surface area contributed by atoms with Gasteiger partial charge < -0.3 is 25.0 Å². The van der Waals surface area contributed by atoms with Crippen LogP contribution in [0, 0.1) is 0 Å². The molecule has 35 heavy (non-hydrogen) atoms. The predicted molar refractivity (Wildman–Crippen MR) is 136 cm³/mol. The van der Waals surface area contributed by atoms with Gasteiger partial charge in [-0.2, -0.15) is 4.37 Å². The fraction of sp³-hybridized carbons (Fsp3) is 0.200. The van der Waals surface area contributed by atoms with Crippen LogP contribution in [0.25, 0.3) is 21.2 Å². The fourth-order valence-corrected chi connectivity index (χ4v) is 4.93. The third-order valence-electron chi connectivity index (χ3n) is 5.67. The summed E-state index contributed by atoms with van der Waals surface area (Å²) in [4.78, 5) is 11.1. The Morgan fingerprint density at radius 1 is 1.11 bits per heavy atom. The van der Waals surface area contributed by atoms with E-state index in [0.717, 1.165) is 38.2 Å². The van der Waals surface area contributed by atoms with Crippen LogP contribution in [0.5, 0.6) is 11.5 Å². The number of rotatable bonds is 8. The molecule has 10 heteroatoms. The van der Waals surface area contributed by atoms with E-state index in [4.69, 9.17) is 26.2 Å². The maximum absolute atomic E-state index is 11.1. The smallest absolute Gasteiger partial charge is 0.323 e. The van der Waals surface area contributed by atoms with Gasteiger partial charge in [0.25, 0.3) is 0 Å². The Labute approximate surface area is 210 Å². The molecule has 4 aromatic rings. The van der Waals surface area contributed by atoms with E-state index in [9.17, 15) is 9.90 Å². The number of anilines is 2. The van der Waals surface area contributed by atoms with Crippen molar-refractivity contribution in [2.45, 2.75) is 12.6 Å². The first-order valence-corrected chi connectivity index (χ1v) is 12.1. The summed E-state index contributed by atoms with van der Waals surface area (Å²) >= 11 is 8.13. The number of aliphatic carboxylic acids is 1. The summed E-state index contributed by atoms with van der Waals surface area (Å²) in [6.45, 7) is 0.898. The van der Waals surface area contributed by atoms with Gasteiger partial charge in [-0.25, -0.2) is 0 Å². The molecule has 3 aromatic carbocycles. The summed E-state index contributed by atoms with van der Waals surface area (Å²) in [6, 6.07) is 16.3. The number of halogens is 1. The van der Waals surface area contributed by atoms with E-state index in [1.54, 1.807) is 0 Å². The normalized spacial score (nSPS) is 13.5. The summed E-state index contributed by atoms with van der Waals surface area (Å²) in [7, 11) is 0. The molecule has 1 aromatic heterocycles. The van der Waals surface area contributed by atoms with Crippen molar-refractivity contribution in [1.29, 1.82) is 0 Å². The second-order valence-corrected chi connectivity index (χ2v) is 9.15. The van der Waals surface area contributed by atoms with Crippen LogP contribution in [0.1, 0.15) is 5.56 Å². The number of fused-ring (bicyclic) bond motifs is 2. The number of carbonyl (C=O) groups is 1. The van der Waals surface area contributed by atoms with Gasteiger partial charge >= 0.3 is 5.97 Å². The first kappa shape index (κ1) is 23.4. The van der Waals surface area contributed by atoms with Crippen molar-refractivity contribution >= 4 is 50.7 Å². The molecule has 1 aliphatic rings. The number of hydrogen-bond donors (Lipinski definition) is 4. The molecule has 0 spiro atoms. The van der Waals surface area contributed by atoms with Gasteiger partial charge in [0.2, 0.25) is 0 Å². The molecule has 0 radical (unpaired) electrons. The van der Waals surface area contributed by atoms with Gasteiger partial charge in [-0.05, 0) is 53.0 Å². The molecule has 4 N–H and O–H groups in total. The van der Waals surface area contributed by atoms with E-state index in [-0.39, 0.29) is 0 Å². The van der Waals surface area contributed by atoms with Crippen LogP contribution in [0.3, 0.4) is 0 Å². The zero-order chi connectivity index (χ0) is 24.4. The Kier molecular flexibility index (Phi) is 6.74. The van der Waals surface area contributed by atoms with Crippen LogP contribution in [0.15, 0.2) is 54.6 Å². The second kappa shape index (κ2) is 10.1. The number of carboxylic acids is 1. The van der Waals surface area contributed by atoms with Gasteiger partial charge in [-0.1, -0.05) is 35.9 Å². The molecular weight excluding hydrogens is 490 g/mol. The number of hydrogen-bond acceptors (Lipinski definition) is 8. The molecule has 180 valence electrons. The van der Waals surface area contributed by atoms with Crippen LogP contribution >= 0.6 is 23.1 Å². The van der Waals surface area contributed by atoms with Crippen molar-refractivity contribution in [2.75, 3.05) is 25.1 Å². The zero-order valence-corrected chi connectivity index (χ0v) is 20.0. The van der Waals surface area contributed by atoms with Crippen molar-refractivity contribution in [2.24, 2.45) is 0 Å². The minimum atomic E-state index is -1.09. The lowest BCUT2D eigenvalue weighted by molar-refractivity contribution is -0.140. The van der Waals surface area contributed by atoms with Crippen molar-refractivity contribution in [1.82, 2.24) is 9.69 Å². The Morgan fingerprint density at radius 2 is 1.94 bits per heavy atom. The van der Waals surface area contributed by atoms with Crippen LogP contribution in [-0.2, 0) is 11.3 Å². The van der Waals surface area contributed by atoms with Crippen LogP contribution in [-0.4, -0.2) is 46.4 Å². The highest BCUT2D eigenvalue weighted by Gasteiger charge is 2.17. The van der Waals surface area contributed by atoms with Gasteiger partial charge in [0.1, 0.15) is 19.3 Å². The Balaban J connectivity index is 1.37. The lowest BCUT2D eigenvalue weighted by Gasteiger charge is -2.19. The molecule has 0 unspecified atom stereocenters. The number of benzene rings is 3. The molecular formula is C25H22ClN3O5S. The lowest BCUT2D eigenvalue weighted by atomic mass is 10.0. The number of nitrogens with one attached hydrogen (secondary N) is 2. The van der Waals surface area contributed by atoms with Gasteiger partial charge in [-0.15, -0.1) is 0 Å². The van der Waals surface area contributed by atoms with E-state index >= 15 is 0 Å². The van der Waals surface area contributed by atoms with Crippen molar-refractivity contribution in [3.05, 3.63) is 65.2 Å². The molecule has 8 nitrogen and oxygen atoms in total. The minimum absolute atomic E-state index is 0.317. The number of carboxylic acid groups (broad SMARTS) is 1. The number of ether oxygens (including phenoxy) is 2. The highest BCUT2D eigenvalue weighted by atomic mass is 35.5. The highest BCUT2D eigenvalue weighted by molar-refractivity contribution is 7.13. The van der Waals surface area contributed by atoms with Crippen LogP contribution in [0.2, 0.25) is 5.02 Å². The molecule has 0 fully saturated rings. The van der Waals surface area contributed by atoms with E-state index in [1.807, 2.05) is 54.6 Å². The molecule has 1 aliphatic heterocycles. The number of aliphatic hydroxyl groups is 1. The SMILES string of the molecule is O=C(O)[C@@H](CO)NCc1ccc2c(Nc3cccc(-c4ccc5c(c4)OCCO5)c3Cl)nsc2c1. The van der Waals surface area contributed by atoms with Gasteiger partial charge in [0.05, 0.1) is 22.0 Å². The average molecular weight is 512 g/mol. The maximum atomic E-state index is 11.1. The molecule has 0 amide bonds. The Hall–Kier alpha value is -3.37. The number of nitrogens with zero attached hydrogens (tertiary/aromatic N) is 1. The minimum Gasteiger partial charge on any atom is -0.486 e. The third kappa shape index (κ3) is 4.89. The largest absolute Gasteiger partial charge is 0.486 e. The van der Waals surface area contributed by atoms with Crippen molar-refractivity contribution in [3.8, 4) is 22.6 Å². The van der Waals surface area contributed by atoms with Gasteiger partial charge in [-0.3, -0.25) is 10.1 Å². The number of aromatic nitrogens is 1. The summed E-state index contributed by atoms with van der Waals surface area (Å²) in [5.74, 6) is 1.02. The second-order valence-electron chi connectivity index (χ2n) is 7.97. The zero-order valence-electron chi connectivity index (χ0n) is 18.5. The first-order chi connectivity index (χ1) is 17.0. The Bertz CT molecular complexity index is 1390. The van der Waals surface area contributed by atoms with E-state index < -0.39 is 18.6 Å². The molecule has 0 saturated heterocycles. The molecule has 5 rings (SSSR count). The topological polar surface area (TPSA) is 113 Å². The lowest BCUT2D eigenvalue weighted by Crippen LogP contribution is -2.39. The average Bonchev–Trinajstić information content (AvgIpc) is 3.27. The predicted octanol–water partition coefficient (Wildman–Crippen LogP) is 4.67. The van der Waals surface area contributed by atoms with Crippen molar-refractivity contribution < 1.29 is 24.5 Å².